The molecular weight excluding hydrogens is 256 g/mol. The highest BCUT2D eigenvalue weighted by molar-refractivity contribution is 7.79. The van der Waals surface area contributed by atoms with Crippen LogP contribution in [0.1, 0.15) is 26.1 Å². The molecule has 0 aliphatic rings. The van der Waals surface area contributed by atoms with Crippen molar-refractivity contribution in [2.45, 2.75) is 32.6 Å². The van der Waals surface area contributed by atoms with Gasteiger partial charge in [0.1, 0.15) is 11.6 Å². The number of imidazole rings is 1. The molecule has 1 aromatic heterocycles. The zero-order valence-electron chi connectivity index (χ0n) is 11.5. The smallest absolute Gasteiger partial charge is 0.121 e. The lowest BCUT2D eigenvalue weighted by atomic mass is 10.3. The van der Waals surface area contributed by atoms with Gasteiger partial charge in [0.2, 0.25) is 0 Å². The van der Waals surface area contributed by atoms with Crippen molar-refractivity contribution in [1.29, 1.82) is 0 Å². The number of ether oxygens (including phenoxy) is 1. The monoisotopic (exact) mass is 276 g/mol. The summed E-state index contributed by atoms with van der Waals surface area (Å²) >= 11 is 4.35. The molecule has 2 aromatic rings. The number of thiol groups is 1. The van der Waals surface area contributed by atoms with Gasteiger partial charge in [-0.15, -0.1) is 0 Å². The second-order valence-corrected chi connectivity index (χ2v) is 5.04. The summed E-state index contributed by atoms with van der Waals surface area (Å²) in [5, 5.41) is 0. The Hall–Kier alpha value is -1.42. The van der Waals surface area contributed by atoms with E-state index in [1.54, 1.807) is 0 Å². The van der Waals surface area contributed by atoms with Gasteiger partial charge in [-0.3, -0.25) is 0 Å². The Bertz CT molecular complexity index is 589. The SMILES string of the molecule is C=C(C)Cn1c(CS)nc2cc(OCCC)ccc21. The molecule has 0 atom stereocenters. The highest BCUT2D eigenvalue weighted by Gasteiger charge is 2.10. The van der Waals surface area contributed by atoms with E-state index in [2.05, 4.69) is 41.7 Å². The minimum Gasteiger partial charge on any atom is -0.494 e. The Morgan fingerprint density at radius 1 is 1.47 bits per heavy atom. The molecular formula is C15H20N2OS. The fourth-order valence-corrected chi connectivity index (χ4v) is 2.28. The van der Waals surface area contributed by atoms with Crippen molar-refractivity contribution in [2.75, 3.05) is 6.61 Å². The van der Waals surface area contributed by atoms with Crippen molar-refractivity contribution < 1.29 is 4.74 Å². The summed E-state index contributed by atoms with van der Waals surface area (Å²) < 4.78 is 7.80. The first kappa shape index (κ1) is 14.0. The Kier molecular flexibility index (Phi) is 4.53. The lowest BCUT2D eigenvalue weighted by Gasteiger charge is -2.08. The van der Waals surface area contributed by atoms with Gasteiger partial charge in [0.15, 0.2) is 0 Å². The predicted molar refractivity (Wildman–Crippen MR) is 83.0 cm³/mol. The molecule has 0 bridgehead atoms. The van der Waals surface area contributed by atoms with E-state index >= 15 is 0 Å². The van der Waals surface area contributed by atoms with Crippen LogP contribution in [-0.2, 0) is 12.3 Å². The van der Waals surface area contributed by atoms with Gasteiger partial charge in [-0.2, -0.15) is 12.6 Å². The zero-order chi connectivity index (χ0) is 13.8. The van der Waals surface area contributed by atoms with E-state index in [-0.39, 0.29) is 0 Å². The molecule has 0 spiro atoms. The van der Waals surface area contributed by atoms with Crippen molar-refractivity contribution in [3.05, 3.63) is 36.2 Å². The van der Waals surface area contributed by atoms with Crippen LogP contribution in [0.3, 0.4) is 0 Å². The third kappa shape index (κ3) is 3.13. The number of hydrogen-bond acceptors (Lipinski definition) is 3. The number of rotatable bonds is 6. The van der Waals surface area contributed by atoms with Crippen molar-refractivity contribution in [3.63, 3.8) is 0 Å². The van der Waals surface area contributed by atoms with Gasteiger partial charge in [0.05, 0.1) is 17.6 Å². The molecule has 0 fully saturated rings. The van der Waals surface area contributed by atoms with E-state index < -0.39 is 0 Å². The molecule has 0 aliphatic heterocycles. The van der Waals surface area contributed by atoms with E-state index in [9.17, 15) is 0 Å². The molecule has 0 N–H and O–H groups in total. The number of nitrogens with zero attached hydrogens (tertiary/aromatic N) is 2. The number of benzene rings is 1. The maximum atomic E-state index is 5.64. The van der Waals surface area contributed by atoms with Crippen LogP contribution < -0.4 is 4.74 Å². The standard InChI is InChI=1S/C15H20N2OS/c1-4-7-18-12-5-6-14-13(8-12)16-15(10-19)17(14)9-11(2)3/h5-6,8,19H,2,4,7,9-10H2,1,3H3. The highest BCUT2D eigenvalue weighted by Crippen LogP contribution is 2.23. The Balaban J connectivity index is 2.41. The van der Waals surface area contributed by atoms with Crippen LogP contribution in [0, 0.1) is 0 Å². The molecule has 102 valence electrons. The second-order valence-electron chi connectivity index (χ2n) is 4.73. The summed E-state index contributed by atoms with van der Waals surface area (Å²) in [5.41, 5.74) is 3.17. The van der Waals surface area contributed by atoms with Crippen LogP contribution in [0.4, 0.5) is 0 Å². The van der Waals surface area contributed by atoms with Gasteiger partial charge in [-0.25, -0.2) is 4.98 Å². The van der Waals surface area contributed by atoms with E-state index in [0.29, 0.717) is 5.75 Å². The summed E-state index contributed by atoms with van der Waals surface area (Å²) in [7, 11) is 0. The Morgan fingerprint density at radius 2 is 2.26 bits per heavy atom. The molecule has 0 amide bonds. The van der Waals surface area contributed by atoms with Crippen LogP contribution in [0.5, 0.6) is 5.75 Å². The number of hydrogen-bond donors (Lipinski definition) is 1. The summed E-state index contributed by atoms with van der Waals surface area (Å²) in [6.07, 6.45) is 1.00. The minimum absolute atomic E-state index is 0.618. The van der Waals surface area contributed by atoms with Gasteiger partial charge in [-0.05, 0) is 25.5 Å². The Morgan fingerprint density at radius 3 is 2.89 bits per heavy atom. The topological polar surface area (TPSA) is 27.1 Å². The lowest BCUT2D eigenvalue weighted by Crippen LogP contribution is -2.02. The molecule has 1 aromatic carbocycles. The van der Waals surface area contributed by atoms with Gasteiger partial charge in [0.25, 0.3) is 0 Å². The van der Waals surface area contributed by atoms with E-state index in [0.717, 1.165) is 47.8 Å². The molecule has 4 heteroatoms. The third-order valence-corrected chi connectivity index (χ3v) is 3.12. The maximum absolute atomic E-state index is 5.64. The summed E-state index contributed by atoms with van der Waals surface area (Å²) in [5.74, 6) is 2.46. The number of fused-ring (bicyclic) bond motifs is 1. The highest BCUT2D eigenvalue weighted by atomic mass is 32.1. The first-order chi connectivity index (χ1) is 9.15. The van der Waals surface area contributed by atoms with Crippen LogP contribution in [0.25, 0.3) is 11.0 Å². The van der Waals surface area contributed by atoms with E-state index in [1.165, 1.54) is 0 Å². The van der Waals surface area contributed by atoms with Gasteiger partial charge >= 0.3 is 0 Å². The maximum Gasteiger partial charge on any atom is 0.121 e. The van der Waals surface area contributed by atoms with Crippen LogP contribution >= 0.6 is 12.6 Å². The van der Waals surface area contributed by atoms with E-state index in [1.807, 2.05) is 19.1 Å². The normalized spacial score (nSPS) is 10.9. The Labute approximate surface area is 119 Å². The quantitative estimate of drug-likeness (QED) is 0.641. The van der Waals surface area contributed by atoms with Gasteiger partial charge in [0, 0.05) is 18.4 Å². The average Bonchev–Trinajstić information content (AvgIpc) is 2.73. The fraction of sp³-hybridized carbons (Fsp3) is 0.400. The molecule has 0 unspecified atom stereocenters. The molecule has 0 saturated carbocycles. The molecule has 1 heterocycles. The lowest BCUT2D eigenvalue weighted by molar-refractivity contribution is 0.318. The fourth-order valence-electron chi connectivity index (χ4n) is 2.04. The summed E-state index contributed by atoms with van der Waals surface area (Å²) in [4.78, 5) is 4.62. The van der Waals surface area contributed by atoms with Gasteiger partial charge < -0.3 is 9.30 Å². The van der Waals surface area contributed by atoms with E-state index in [4.69, 9.17) is 4.74 Å². The van der Waals surface area contributed by atoms with Crippen LogP contribution in [0.15, 0.2) is 30.4 Å². The minimum atomic E-state index is 0.618. The molecule has 0 saturated heterocycles. The van der Waals surface area contributed by atoms with Crippen molar-refractivity contribution in [2.24, 2.45) is 0 Å². The third-order valence-electron chi connectivity index (χ3n) is 2.84. The molecule has 3 nitrogen and oxygen atoms in total. The summed E-state index contributed by atoms with van der Waals surface area (Å²) in [6.45, 7) is 9.60. The average molecular weight is 276 g/mol. The van der Waals surface area contributed by atoms with Crippen molar-refractivity contribution >= 4 is 23.7 Å². The van der Waals surface area contributed by atoms with Gasteiger partial charge in [-0.1, -0.05) is 19.1 Å². The molecule has 0 radical (unpaired) electrons. The van der Waals surface area contributed by atoms with Crippen LogP contribution in [0.2, 0.25) is 0 Å². The largest absolute Gasteiger partial charge is 0.494 e. The first-order valence-corrected chi connectivity index (χ1v) is 7.16. The molecule has 19 heavy (non-hydrogen) atoms. The van der Waals surface area contributed by atoms with Crippen molar-refractivity contribution in [1.82, 2.24) is 9.55 Å². The predicted octanol–water partition coefficient (Wildman–Crippen LogP) is 3.83. The zero-order valence-corrected chi connectivity index (χ0v) is 12.4. The van der Waals surface area contributed by atoms with Crippen LogP contribution in [-0.4, -0.2) is 16.2 Å². The second kappa shape index (κ2) is 6.15. The summed E-state index contributed by atoms with van der Waals surface area (Å²) in [6, 6.07) is 6.05. The molecule has 0 aliphatic carbocycles. The molecule has 2 rings (SSSR count). The number of allylic oxidation sites excluding steroid dienone is 1. The first-order valence-electron chi connectivity index (χ1n) is 6.53. The number of aromatic nitrogens is 2. The van der Waals surface area contributed by atoms with Crippen molar-refractivity contribution in [3.8, 4) is 5.75 Å².